The Morgan fingerprint density at radius 2 is 1.84 bits per heavy atom. The molecule has 0 atom stereocenters. The van der Waals surface area contributed by atoms with Crippen LogP contribution in [0.1, 0.15) is 40.5 Å². The molecule has 0 spiro atoms. The molecule has 0 radical (unpaired) electrons. The third-order valence-corrected chi connectivity index (χ3v) is 4.99. The van der Waals surface area contributed by atoms with Gasteiger partial charge in [0.2, 0.25) is 5.82 Å². The lowest BCUT2D eigenvalue weighted by atomic mass is 10.1. The third-order valence-electron chi connectivity index (χ3n) is 4.03. The van der Waals surface area contributed by atoms with Crippen LogP contribution in [0.3, 0.4) is 0 Å². The zero-order valence-corrected chi connectivity index (χ0v) is 18.0. The van der Waals surface area contributed by atoms with Crippen molar-refractivity contribution in [3.8, 4) is 16.3 Å². The second-order valence-electron chi connectivity index (χ2n) is 7.32. The fourth-order valence-corrected chi connectivity index (χ4v) is 3.32. The lowest BCUT2D eigenvalue weighted by Crippen LogP contribution is -2.23. The molecule has 0 aliphatic rings. The van der Waals surface area contributed by atoms with Gasteiger partial charge in [-0.1, -0.05) is 13.8 Å². The molecule has 6 nitrogen and oxygen atoms in total. The highest BCUT2D eigenvalue weighted by atomic mass is 32.1. The number of hydrogen-bond donors (Lipinski definition) is 1. The summed E-state index contributed by atoms with van der Waals surface area (Å²) in [6, 6.07) is 5.17. The summed E-state index contributed by atoms with van der Waals surface area (Å²) in [5, 5.41) is 3.44. The van der Waals surface area contributed by atoms with Gasteiger partial charge in [-0.25, -0.2) is 15.0 Å². The Morgan fingerprint density at radius 3 is 2.42 bits per heavy atom. The Balaban J connectivity index is 1.77. The Morgan fingerprint density at radius 1 is 1.13 bits per heavy atom. The van der Waals surface area contributed by atoms with E-state index in [4.69, 9.17) is 4.74 Å². The van der Waals surface area contributed by atoms with Crippen molar-refractivity contribution in [3.05, 3.63) is 58.6 Å². The van der Waals surface area contributed by atoms with Gasteiger partial charge in [-0.15, -0.1) is 11.3 Å². The van der Waals surface area contributed by atoms with Crippen LogP contribution < -0.4 is 10.1 Å². The number of ether oxygens (including phenoxy) is 1. The van der Waals surface area contributed by atoms with Crippen LogP contribution in [0.15, 0.2) is 36.8 Å². The van der Waals surface area contributed by atoms with E-state index in [0.717, 1.165) is 27.8 Å². The minimum absolute atomic E-state index is 0.0141. The fourth-order valence-electron chi connectivity index (χ4n) is 2.56. The second-order valence-corrected chi connectivity index (χ2v) is 8.56. The second kappa shape index (κ2) is 9.42. The third kappa shape index (κ3) is 6.24. The monoisotopic (exact) mass is 450 g/mol. The lowest BCUT2D eigenvalue weighted by Gasteiger charge is -2.12. The average molecular weight is 450 g/mol. The van der Waals surface area contributed by atoms with Crippen LogP contribution in [0.25, 0.3) is 10.6 Å². The number of aromatic nitrogens is 3. The zero-order chi connectivity index (χ0) is 22.6. The number of benzene rings is 1. The van der Waals surface area contributed by atoms with E-state index in [9.17, 15) is 18.0 Å². The molecular weight excluding hydrogens is 429 g/mol. The summed E-state index contributed by atoms with van der Waals surface area (Å²) in [7, 11) is 0. The average Bonchev–Trinajstić information content (AvgIpc) is 3.16. The van der Waals surface area contributed by atoms with E-state index in [1.54, 1.807) is 18.3 Å². The quantitative estimate of drug-likeness (QED) is 0.555. The molecule has 3 aromatic rings. The first-order valence-corrected chi connectivity index (χ1v) is 10.3. The summed E-state index contributed by atoms with van der Waals surface area (Å²) >= 11 is 1.50. The molecule has 1 N–H and O–H groups in total. The van der Waals surface area contributed by atoms with Gasteiger partial charge in [0.15, 0.2) is 0 Å². The normalized spacial score (nSPS) is 11.6. The molecule has 0 unspecified atom stereocenters. The first-order valence-electron chi connectivity index (χ1n) is 9.49. The Bertz CT molecular complexity index is 1050. The van der Waals surface area contributed by atoms with E-state index in [1.165, 1.54) is 11.3 Å². The van der Waals surface area contributed by atoms with Crippen molar-refractivity contribution in [2.45, 2.75) is 33.5 Å². The molecule has 3 rings (SSSR count). The fraction of sp³-hybridized carbons (Fsp3) is 0.333. The van der Waals surface area contributed by atoms with Crippen molar-refractivity contribution in [2.24, 2.45) is 5.92 Å². The molecular formula is C21H21F3N4O2S. The van der Waals surface area contributed by atoms with Crippen LogP contribution in [0.4, 0.5) is 13.2 Å². The Labute approximate surface area is 181 Å². The summed E-state index contributed by atoms with van der Waals surface area (Å²) in [6.45, 7) is 6.46. The first-order chi connectivity index (χ1) is 14.6. The predicted molar refractivity (Wildman–Crippen MR) is 111 cm³/mol. The summed E-state index contributed by atoms with van der Waals surface area (Å²) < 4.78 is 43.5. The maximum absolute atomic E-state index is 12.7. The van der Waals surface area contributed by atoms with Crippen LogP contribution in [-0.2, 0) is 12.7 Å². The van der Waals surface area contributed by atoms with Crippen LogP contribution in [0.5, 0.6) is 5.75 Å². The van der Waals surface area contributed by atoms with Crippen LogP contribution in [-0.4, -0.2) is 27.5 Å². The van der Waals surface area contributed by atoms with Crippen LogP contribution >= 0.6 is 11.3 Å². The summed E-state index contributed by atoms with van der Waals surface area (Å²) in [5.41, 5.74) is 1.46. The van der Waals surface area contributed by atoms with Crippen molar-refractivity contribution in [2.75, 3.05) is 6.61 Å². The lowest BCUT2D eigenvalue weighted by molar-refractivity contribution is -0.145. The molecule has 2 heterocycles. The van der Waals surface area contributed by atoms with Gasteiger partial charge in [0, 0.05) is 46.7 Å². The minimum atomic E-state index is -4.61. The Hall–Kier alpha value is -3.01. The van der Waals surface area contributed by atoms with Crippen molar-refractivity contribution >= 4 is 17.2 Å². The highest BCUT2D eigenvalue weighted by Gasteiger charge is 2.34. The Kier molecular flexibility index (Phi) is 6.89. The molecule has 10 heteroatoms. The zero-order valence-electron chi connectivity index (χ0n) is 17.2. The van der Waals surface area contributed by atoms with Crippen molar-refractivity contribution in [1.82, 2.24) is 20.3 Å². The number of rotatable bonds is 7. The SMILES string of the molecule is Cc1cnc(-c2cc(OCC(C)C)cc(C(=O)NCc3cnc(C(F)(F)F)nc3)c2)s1. The first kappa shape index (κ1) is 22.7. The molecule has 0 saturated carbocycles. The number of alkyl halides is 3. The smallest absolute Gasteiger partial charge is 0.451 e. The van der Waals surface area contributed by atoms with Gasteiger partial charge in [-0.05, 0) is 31.0 Å². The molecule has 0 fully saturated rings. The van der Waals surface area contributed by atoms with Crippen molar-refractivity contribution in [3.63, 3.8) is 0 Å². The summed E-state index contributed by atoms with van der Waals surface area (Å²) in [5.74, 6) is -0.768. The molecule has 0 saturated heterocycles. The van der Waals surface area contributed by atoms with E-state index >= 15 is 0 Å². The number of carbonyl (C=O) groups excluding carboxylic acids is 1. The number of carbonyl (C=O) groups is 1. The molecule has 0 aliphatic heterocycles. The van der Waals surface area contributed by atoms with Crippen LogP contribution in [0, 0.1) is 12.8 Å². The number of hydrogen-bond acceptors (Lipinski definition) is 6. The van der Waals surface area contributed by atoms with Gasteiger partial charge in [0.05, 0.1) is 6.61 Å². The molecule has 0 aliphatic carbocycles. The maximum atomic E-state index is 12.7. The van der Waals surface area contributed by atoms with Gasteiger partial charge < -0.3 is 10.1 Å². The van der Waals surface area contributed by atoms with Gasteiger partial charge >= 0.3 is 6.18 Å². The number of nitrogens with zero attached hydrogens (tertiary/aromatic N) is 3. The maximum Gasteiger partial charge on any atom is 0.451 e. The number of nitrogens with one attached hydrogen (secondary N) is 1. The number of thiazole rings is 1. The van der Waals surface area contributed by atoms with E-state index in [1.807, 2.05) is 26.8 Å². The predicted octanol–water partition coefficient (Wildman–Crippen LogP) is 4.89. The van der Waals surface area contributed by atoms with Gasteiger partial charge in [0.1, 0.15) is 10.8 Å². The van der Waals surface area contributed by atoms with Crippen molar-refractivity contribution in [1.29, 1.82) is 0 Å². The van der Waals surface area contributed by atoms with Crippen LogP contribution in [0.2, 0.25) is 0 Å². The number of halogens is 3. The topological polar surface area (TPSA) is 77.0 Å². The molecule has 164 valence electrons. The number of amides is 1. The van der Waals surface area contributed by atoms with Gasteiger partial charge in [-0.2, -0.15) is 13.2 Å². The molecule has 0 bridgehead atoms. The molecule has 1 aromatic carbocycles. The highest BCUT2D eigenvalue weighted by molar-refractivity contribution is 7.14. The summed E-state index contributed by atoms with van der Waals surface area (Å²) in [6.07, 6.45) is -0.765. The van der Waals surface area contributed by atoms with E-state index in [2.05, 4.69) is 20.3 Å². The van der Waals surface area contributed by atoms with E-state index in [-0.39, 0.29) is 6.54 Å². The number of aryl methyl sites for hydroxylation is 1. The van der Waals surface area contributed by atoms with E-state index in [0.29, 0.717) is 29.4 Å². The minimum Gasteiger partial charge on any atom is -0.493 e. The summed E-state index contributed by atoms with van der Waals surface area (Å²) in [4.78, 5) is 24.7. The van der Waals surface area contributed by atoms with Gasteiger partial charge in [0.25, 0.3) is 5.91 Å². The highest BCUT2D eigenvalue weighted by Crippen LogP contribution is 2.30. The van der Waals surface area contributed by atoms with Crippen molar-refractivity contribution < 1.29 is 22.7 Å². The standard InChI is InChI=1S/C21H21F3N4O2S/c1-12(2)11-30-17-5-15(4-16(6-17)19-26-7-13(3)31-19)18(29)25-8-14-9-27-20(28-10-14)21(22,23)24/h4-7,9-10,12H,8,11H2,1-3H3,(H,25,29). The van der Waals surface area contributed by atoms with E-state index < -0.39 is 17.9 Å². The molecule has 1 amide bonds. The molecule has 2 aromatic heterocycles. The molecule has 31 heavy (non-hydrogen) atoms. The van der Waals surface area contributed by atoms with Gasteiger partial charge in [-0.3, -0.25) is 4.79 Å². The largest absolute Gasteiger partial charge is 0.493 e.